The minimum Gasteiger partial charge on any atom is -0.367 e. The summed E-state index contributed by atoms with van der Waals surface area (Å²) in [5, 5.41) is 3.33. The molecule has 4 rings (SSSR count). The van der Waals surface area contributed by atoms with Gasteiger partial charge in [0.2, 0.25) is 0 Å². The van der Waals surface area contributed by atoms with Crippen molar-refractivity contribution in [1.29, 1.82) is 0 Å². The third-order valence-corrected chi connectivity index (χ3v) is 8.28. The Hall–Kier alpha value is -2.62. The average Bonchev–Trinajstić information content (AvgIpc) is 2.78. The van der Waals surface area contributed by atoms with E-state index in [2.05, 4.69) is 19.8 Å². The zero-order valence-electron chi connectivity index (χ0n) is 20.5. The summed E-state index contributed by atoms with van der Waals surface area (Å²) in [6.07, 6.45) is 0. The maximum atomic E-state index is 13.6. The molecule has 2 heterocycles. The predicted molar refractivity (Wildman–Crippen MR) is 136 cm³/mol. The van der Waals surface area contributed by atoms with Gasteiger partial charge in [-0.15, -0.1) is 0 Å². The third kappa shape index (κ3) is 5.21. The molecular weight excluding hydrogens is 450 g/mol. The fraction of sp³-hybridized carbons (Fsp3) is 0.480. The van der Waals surface area contributed by atoms with E-state index in [1.54, 1.807) is 6.07 Å². The minimum absolute atomic E-state index is 0.0666. The van der Waals surface area contributed by atoms with Crippen molar-refractivity contribution in [1.82, 2.24) is 15.1 Å². The first-order valence-electron chi connectivity index (χ1n) is 11.8. The second-order valence-electron chi connectivity index (χ2n) is 9.40. The van der Waals surface area contributed by atoms with Gasteiger partial charge in [0.25, 0.3) is 15.9 Å². The van der Waals surface area contributed by atoms with E-state index in [0.717, 1.165) is 50.5 Å². The summed E-state index contributed by atoms with van der Waals surface area (Å²) in [5.41, 5.74) is 4.18. The molecule has 8 nitrogen and oxygen atoms in total. The van der Waals surface area contributed by atoms with Crippen molar-refractivity contribution in [3.05, 3.63) is 52.6 Å². The smallest absolute Gasteiger partial charge is 0.262 e. The molecule has 2 aliphatic rings. The van der Waals surface area contributed by atoms with E-state index in [9.17, 15) is 13.2 Å². The first-order chi connectivity index (χ1) is 16.2. The van der Waals surface area contributed by atoms with Crippen molar-refractivity contribution in [3.8, 4) is 0 Å². The number of hydrogen-bond donors (Lipinski definition) is 2. The van der Waals surface area contributed by atoms with Crippen LogP contribution >= 0.6 is 0 Å². The van der Waals surface area contributed by atoms with Gasteiger partial charge in [0.15, 0.2) is 0 Å². The molecule has 0 atom stereocenters. The number of piperazine rings is 2. The molecule has 0 aliphatic carbocycles. The molecule has 0 spiro atoms. The average molecular weight is 486 g/mol. The Morgan fingerprint density at radius 1 is 0.912 bits per heavy atom. The lowest BCUT2D eigenvalue weighted by Gasteiger charge is -2.33. The van der Waals surface area contributed by atoms with Gasteiger partial charge in [0, 0.05) is 57.9 Å². The molecule has 0 aromatic heterocycles. The van der Waals surface area contributed by atoms with Gasteiger partial charge in [-0.1, -0.05) is 17.7 Å². The Balaban J connectivity index is 1.71. The number of nitrogens with zero attached hydrogens (tertiary/aromatic N) is 3. The molecule has 2 aromatic carbocycles. The summed E-state index contributed by atoms with van der Waals surface area (Å²) >= 11 is 0. The van der Waals surface area contributed by atoms with E-state index in [-0.39, 0.29) is 5.91 Å². The van der Waals surface area contributed by atoms with Gasteiger partial charge in [0.1, 0.15) is 0 Å². The summed E-state index contributed by atoms with van der Waals surface area (Å²) in [5.74, 6) is -0.0666. The molecule has 2 saturated heterocycles. The third-order valence-electron chi connectivity index (χ3n) is 6.61. The van der Waals surface area contributed by atoms with Crippen LogP contribution in [0, 0.1) is 20.8 Å². The molecule has 0 unspecified atom stereocenters. The number of carbonyl (C=O) groups is 1. The number of carbonyl (C=O) groups excluding carboxylic acids is 1. The van der Waals surface area contributed by atoms with E-state index in [1.165, 1.54) is 0 Å². The molecule has 9 heteroatoms. The monoisotopic (exact) mass is 485 g/mol. The lowest BCUT2D eigenvalue weighted by atomic mass is 10.1. The second-order valence-corrected chi connectivity index (χ2v) is 11.0. The van der Waals surface area contributed by atoms with E-state index < -0.39 is 10.0 Å². The summed E-state index contributed by atoms with van der Waals surface area (Å²) < 4.78 is 30.0. The fourth-order valence-corrected chi connectivity index (χ4v) is 6.43. The predicted octanol–water partition coefficient (Wildman–Crippen LogP) is 2.21. The second kappa shape index (κ2) is 9.93. The molecule has 1 amide bonds. The van der Waals surface area contributed by atoms with Crippen molar-refractivity contribution in [3.63, 3.8) is 0 Å². The number of aryl methyl sites for hydroxylation is 3. The summed E-state index contributed by atoms with van der Waals surface area (Å²) in [6, 6.07) is 9.16. The lowest BCUT2D eigenvalue weighted by molar-refractivity contribution is 0.0664. The molecule has 184 valence electrons. The number of nitrogens with one attached hydrogen (secondary N) is 2. The topological polar surface area (TPSA) is 85.0 Å². The number of sulfonamides is 1. The number of likely N-dealkylation sites (N-methyl/N-ethyl adjacent to an activating group) is 1. The zero-order chi connectivity index (χ0) is 24.5. The Morgan fingerprint density at radius 2 is 1.53 bits per heavy atom. The molecule has 2 aromatic rings. The van der Waals surface area contributed by atoms with Gasteiger partial charge in [0.05, 0.1) is 16.3 Å². The van der Waals surface area contributed by atoms with Crippen LogP contribution in [0.4, 0.5) is 11.4 Å². The molecule has 0 saturated carbocycles. The van der Waals surface area contributed by atoms with Crippen LogP contribution in [0.5, 0.6) is 0 Å². The van der Waals surface area contributed by atoms with E-state index in [4.69, 9.17) is 0 Å². The number of benzene rings is 2. The highest BCUT2D eigenvalue weighted by Crippen LogP contribution is 2.32. The summed E-state index contributed by atoms with van der Waals surface area (Å²) in [6.45, 7) is 11.8. The van der Waals surface area contributed by atoms with Gasteiger partial charge in [-0.25, -0.2) is 8.42 Å². The van der Waals surface area contributed by atoms with Crippen LogP contribution in [0.1, 0.15) is 27.0 Å². The van der Waals surface area contributed by atoms with Crippen molar-refractivity contribution < 1.29 is 13.2 Å². The Morgan fingerprint density at radius 3 is 2.15 bits per heavy atom. The lowest BCUT2D eigenvalue weighted by Crippen LogP contribution is -2.47. The van der Waals surface area contributed by atoms with Gasteiger partial charge in [-0.2, -0.15) is 0 Å². The van der Waals surface area contributed by atoms with E-state index in [1.807, 2.05) is 57.0 Å². The maximum absolute atomic E-state index is 13.6. The fourth-order valence-electron chi connectivity index (χ4n) is 4.91. The maximum Gasteiger partial charge on any atom is 0.262 e. The standard InChI is InChI=1S/C25H35N5O3S/c1-18-15-19(2)24(20(3)16-18)34(32,33)27-22-17-21(25(31)30-13-11-28(4)12-14-30)5-6-23(22)29-9-7-26-8-10-29/h5-6,15-17,26-27H,7-14H2,1-4H3. The van der Waals surface area contributed by atoms with E-state index in [0.29, 0.717) is 40.4 Å². The van der Waals surface area contributed by atoms with Gasteiger partial charge < -0.3 is 20.0 Å². The molecule has 2 N–H and O–H groups in total. The first kappa shape index (κ1) is 24.5. The highest BCUT2D eigenvalue weighted by molar-refractivity contribution is 7.92. The van der Waals surface area contributed by atoms with Gasteiger partial charge in [-0.3, -0.25) is 9.52 Å². The number of hydrogen-bond acceptors (Lipinski definition) is 6. The van der Waals surface area contributed by atoms with Gasteiger partial charge in [-0.05, 0) is 57.1 Å². The highest BCUT2D eigenvalue weighted by Gasteiger charge is 2.26. The van der Waals surface area contributed by atoms with Crippen LogP contribution in [0.2, 0.25) is 0 Å². The SMILES string of the molecule is Cc1cc(C)c(S(=O)(=O)Nc2cc(C(=O)N3CCN(C)CC3)ccc2N2CCNCC2)c(C)c1. The van der Waals surface area contributed by atoms with Crippen LogP contribution in [0.15, 0.2) is 35.2 Å². The highest BCUT2D eigenvalue weighted by atomic mass is 32.2. The molecule has 0 radical (unpaired) electrons. The number of rotatable bonds is 5. The van der Waals surface area contributed by atoms with Crippen LogP contribution in [0.3, 0.4) is 0 Å². The number of anilines is 2. The van der Waals surface area contributed by atoms with Gasteiger partial charge >= 0.3 is 0 Å². The zero-order valence-corrected chi connectivity index (χ0v) is 21.3. The van der Waals surface area contributed by atoms with Crippen molar-refractivity contribution in [2.75, 3.05) is 69.0 Å². The van der Waals surface area contributed by atoms with Crippen molar-refractivity contribution in [2.45, 2.75) is 25.7 Å². The minimum atomic E-state index is -3.85. The normalized spacial score (nSPS) is 17.6. The largest absolute Gasteiger partial charge is 0.367 e. The Kier molecular flexibility index (Phi) is 7.16. The van der Waals surface area contributed by atoms with E-state index >= 15 is 0 Å². The first-order valence-corrected chi connectivity index (χ1v) is 13.3. The molecule has 34 heavy (non-hydrogen) atoms. The molecule has 0 bridgehead atoms. The molecule has 2 fully saturated rings. The number of amides is 1. The Labute approximate surface area is 203 Å². The molecular formula is C25H35N5O3S. The van der Waals surface area contributed by atoms with Crippen molar-refractivity contribution in [2.24, 2.45) is 0 Å². The van der Waals surface area contributed by atoms with Crippen LogP contribution in [0.25, 0.3) is 0 Å². The Bertz CT molecular complexity index is 1140. The summed E-state index contributed by atoms with van der Waals surface area (Å²) in [7, 11) is -1.80. The quantitative estimate of drug-likeness (QED) is 0.676. The van der Waals surface area contributed by atoms with Crippen LogP contribution in [-0.2, 0) is 10.0 Å². The molecule has 2 aliphatic heterocycles. The summed E-state index contributed by atoms with van der Waals surface area (Å²) in [4.78, 5) is 19.7. The van der Waals surface area contributed by atoms with Crippen LogP contribution < -0.4 is 14.9 Å². The van der Waals surface area contributed by atoms with Crippen LogP contribution in [-0.4, -0.2) is 83.5 Å². The van der Waals surface area contributed by atoms with Crippen molar-refractivity contribution >= 4 is 27.3 Å².